The summed E-state index contributed by atoms with van der Waals surface area (Å²) in [7, 11) is 0. The van der Waals surface area contributed by atoms with Crippen LogP contribution in [0.2, 0.25) is 0 Å². The zero-order valence-electron chi connectivity index (χ0n) is 18.2. The minimum atomic E-state index is -0.321. The highest BCUT2D eigenvalue weighted by molar-refractivity contribution is 6.01. The van der Waals surface area contributed by atoms with Crippen LogP contribution in [0.15, 0.2) is 84.0 Å². The third-order valence-electron chi connectivity index (χ3n) is 5.35. The lowest BCUT2D eigenvalue weighted by atomic mass is 10.1. The van der Waals surface area contributed by atoms with Crippen molar-refractivity contribution in [3.8, 4) is 23.0 Å². The van der Waals surface area contributed by atoms with Crippen molar-refractivity contribution < 1.29 is 13.6 Å². The van der Waals surface area contributed by atoms with Gasteiger partial charge in [0.05, 0.1) is 23.0 Å². The van der Waals surface area contributed by atoms with E-state index in [1.54, 1.807) is 42.5 Å². The molecule has 0 saturated carbocycles. The van der Waals surface area contributed by atoms with Gasteiger partial charge in [-0.25, -0.2) is 8.78 Å². The van der Waals surface area contributed by atoms with Crippen molar-refractivity contribution in [2.24, 2.45) is 5.16 Å². The maximum Gasteiger partial charge on any atom is 0.142 e. The molecule has 6 heteroatoms. The van der Waals surface area contributed by atoms with Crippen molar-refractivity contribution >= 4 is 5.71 Å². The molecule has 0 radical (unpaired) electrons. The minimum absolute atomic E-state index is 0.232. The van der Waals surface area contributed by atoms with Crippen LogP contribution in [0.5, 0.6) is 0 Å². The average molecular weight is 441 g/mol. The monoisotopic (exact) mass is 441 g/mol. The quantitative estimate of drug-likeness (QED) is 0.252. The number of rotatable bonds is 6. The molecule has 0 spiro atoms. The Bertz CT molecular complexity index is 1350. The van der Waals surface area contributed by atoms with Crippen molar-refractivity contribution in [1.82, 2.24) is 4.57 Å². The van der Waals surface area contributed by atoms with E-state index < -0.39 is 0 Å². The molecule has 164 valence electrons. The van der Waals surface area contributed by atoms with E-state index in [2.05, 4.69) is 11.2 Å². The fourth-order valence-corrected chi connectivity index (χ4v) is 3.71. The molecule has 4 aromatic rings. The lowest BCUT2D eigenvalue weighted by Gasteiger charge is -2.12. The number of halogens is 2. The molecule has 4 rings (SSSR count). The van der Waals surface area contributed by atoms with Gasteiger partial charge in [0.2, 0.25) is 0 Å². The fourth-order valence-electron chi connectivity index (χ4n) is 3.71. The molecule has 0 bridgehead atoms. The Balaban J connectivity index is 1.69. The first kappa shape index (κ1) is 22.0. The Labute approximate surface area is 191 Å². The number of oxime groups is 1. The Morgan fingerprint density at radius 1 is 0.970 bits per heavy atom. The van der Waals surface area contributed by atoms with E-state index in [9.17, 15) is 8.78 Å². The van der Waals surface area contributed by atoms with Crippen LogP contribution >= 0.6 is 0 Å². The normalized spacial score (nSPS) is 11.3. The second kappa shape index (κ2) is 9.49. The molecular weight excluding hydrogens is 420 g/mol. The first-order chi connectivity index (χ1) is 16.0. The van der Waals surface area contributed by atoms with Gasteiger partial charge in [0.15, 0.2) is 0 Å². The highest BCUT2D eigenvalue weighted by atomic mass is 19.1. The molecule has 33 heavy (non-hydrogen) atoms. The van der Waals surface area contributed by atoms with Gasteiger partial charge >= 0.3 is 0 Å². The van der Waals surface area contributed by atoms with Crippen molar-refractivity contribution in [3.63, 3.8) is 0 Å². The number of benzene rings is 3. The van der Waals surface area contributed by atoms with Crippen LogP contribution in [-0.4, -0.2) is 10.3 Å². The lowest BCUT2D eigenvalue weighted by Crippen LogP contribution is -2.02. The Kier molecular flexibility index (Phi) is 6.32. The van der Waals surface area contributed by atoms with E-state index in [1.165, 1.54) is 24.3 Å². The van der Waals surface area contributed by atoms with Gasteiger partial charge in [0.1, 0.15) is 18.2 Å². The van der Waals surface area contributed by atoms with Crippen molar-refractivity contribution in [1.29, 1.82) is 5.26 Å². The van der Waals surface area contributed by atoms with Crippen LogP contribution in [0, 0.1) is 29.9 Å². The van der Waals surface area contributed by atoms with Gasteiger partial charge in [-0.05, 0) is 91.7 Å². The molecule has 4 nitrogen and oxygen atoms in total. The first-order valence-electron chi connectivity index (χ1n) is 10.4. The van der Waals surface area contributed by atoms with Gasteiger partial charge < -0.3 is 9.40 Å². The van der Waals surface area contributed by atoms with E-state index in [1.807, 2.05) is 30.5 Å². The van der Waals surface area contributed by atoms with Crippen LogP contribution in [0.4, 0.5) is 8.78 Å². The van der Waals surface area contributed by atoms with Crippen molar-refractivity contribution in [2.45, 2.75) is 20.5 Å². The highest BCUT2D eigenvalue weighted by Crippen LogP contribution is 2.30. The maximum absolute atomic E-state index is 13.5. The van der Waals surface area contributed by atoms with Gasteiger partial charge in [-0.3, -0.25) is 0 Å². The van der Waals surface area contributed by atoms with Crippen LogP contribution < -0.4 is 0 Å². The molecule has 0 saturated heterocycles. The maximum atomic E-state index is 13.5. The zero-order valence-corrected chi connectivity index (χ0v) is 18.2. The summed E-state index contributed by atoms with van der Waals surface area (Å²) in [5.41, 5.74) is 6.23. The van der Waals surface area contributed by atoms with Crippen LogP contribution in [-0.2, 0) is 11.4 Å². The van der Waals surface area contributed by atoms with E-state index >= 15 is 0 Å². The number of hydrogen-bond acceptors (Lipinski definition) is 3. The third-order valence-corrected chi connectivity index (χ3v) is 5.35. The molecule has 0 fully saturated rings. The van der Waals surface area contributed by atoms with Crippen molar-refractivity contribution in [3.05, 3.63) is 113 Å². The standard InChI is InChI=1S/C27H21F2N3O/c1-18(31-33-17-21-5-3-4-20(14-21)16-30)26-15-27(22-6-8-23(28)9-7-22)32(19(26)2)25-12-10-24(29)11-13-25/h3-15H,17H2,1-2H3/b31-18-. The number of hydrogen-bond donors (Lipinski definition) is 0. The van der Waals surface area contributed by atoms with Crippen molar-refractivity contribution in [2.75, 3.05) is 0 Å². The van der Waals surface area contributed by atoms with E-state index in [-0.39, 0.29) is 18.2 Å². The van der Waals surface area contributed by atoms with Gasteiger partial charge in [-0.1, -0.05) is 17.3 Å². The molecule has 0 aliphatic heterocycles. The number of nitriles is 1. The predicted molar refractivity (Wildman–Crippen MR) is 124 cm³/mol. The largest absolute Gasteiger partial charge is 0.391 e. The summed E-state index contributed by atoms with van der Waals surface area (Å²) in [6.07, 6.45) is 0. The van der Waals surface area contributed by atoms with Gasteiger partial charge in [0.25, 0.3) is 0 Å². The smallest absolute Gasteiger partial charge is 0.142 e. The summed E-state index contributed by atoms with van der Waals surface area (Å²) in [5.74, 6) is -0.638. The molecule has 1 aromatic heterocycles. The summed E-state index contributed by atoms with van der Waals surface area (Å²) in [6.45, 7) is 4.02. The van der Waals surface area contributed by atoms with Gasteiger partial charge in [-0.2, -0.15) is 5.26 Å². The minimum Gasteiger partial charge on any atom is -0.391 e. The summed E-state index contributed by atoms with van der Waals surface area (Å²) in [5, 5.41) is 13.3. The van der Waals surface area contributed by atoms with E-state index in [4.69, 9.17) is 10.1 Å². The number of aromatic nitrogens is 1. The zero-order chi connectivity index (χ0) is 23.4. The SMILES string of the molecule is C/C(=N/OCc1cccc(C#N)c1)c1cc(-c2ccc(F)cc2)n(-c2ccc(F)cc2)c1C. The predicted octanol–water partition coefficient (Wildman–Crippen LogP) is 6.54. The molecule has 0 aliphatic carbocycles. The Morgan fingerprint density at radius 3 is 2.30 bits per heavy atom. The van der Waals surface area contributed by atoms with E-state index in [0.29, 0.717) is 11.3 Å². The fraction of sp³-hybridized carbons (Fsp3) is 0.111. The van der Waals surface area contributed by atoms with Crippen LogP contribution in [0.25, 0.3) is 16.9 Å². The molecule has 0 amide bonds. The third kappa shape index (κ3) is 4.83. The van der Waals surface area contributed by atoms with Gasteiger partial charge in [-0.15, -0.1) is 0 Å². The summed E-state index contributed by atoms with van der Waals surface area (Å²) < 4.78 is 29.0. The summed E-state index contributed by atoms with van der Waals surface area (Å²) >= 11 is 0. The summed E-state index contributed by atoms with van der Waals surface area (Å²) in [6, 6.07) is 23.7. The lowest BCUT2D eigenvalue weighted by molar-refractivity contribution is 0.130. The van der Waals surface area contributed by atoms with Gasteiger partial charge in [0, 0.05) is 16.9 Å². The molecule has 0 aliphatic rings. The highest BCUT2D eigenvalue weighted by Gasteiger charge is 2.17. The molecule has 3 aromatic carbocycles. The number of nitrogens with zero attached hydrogens (tertiary/aromatic N) is 3. The Morgan fingerprint density at radius 2 is 1.64 bits per heavy atom. The van der Waals surface area contributed by atoms with Crippen LogP contribution in [0.3, 0.4) is 0 Å². The second-order valence-electron chi connectivity index (χ2n) is 7.61. The van der Waals surface area contributed by atoms with E-state index in [0.717, 1.165) is 33.8 Å². The van der Waals surface area contributed by atoms with Crippen LogP contribution in [0.1, 0.15) is 29.3 Å². The molecule has 0 N–H and O–H groups in total. The molecular formula is C27H21F2N3O. The first-order valence-corrected chi connectivity index (χ1v) is 10.4. The molecule has 0 atom stereocenters. The average Bonchev–Trinajstić information content (AvgIpc) is 3.17. The molecule has 1 heterocycles. The topological polar surface area (TPSA) is 50.3 Å². The summed E-state index contributed by atoms with van der Waals surface area (Å²) in [4.78, 5) is 5.55. The second-order valence-corrected chi connectivity index (χ2v) is 7.61. The Hall–Kier alpha value is -4.24. The molecule has 0 unspecified atom stereocenters.